The summed E-state index contributed by atoms with van der Waals surface area (Å²) in [4.78, 5) is 0. The molecule has 6 heteroatoms. The third kappa shape index (κ3) is 16.0. The largest absolute Gasteiger partial charge is 0.363 e. The molecule has 0 aliphatic carbocycles. The smallest absolute Gasteiger partial charge is 0.128 e. The standard InChI is InChI=1S/3C18H15P.C4H9ClO.W/c3*1-4-10-16(11-5-1)19(17-12-6-2-7-13-17)18-14-8-3-9-15-18;1-3-6-4(2)5;/h3*1-15H;4H,3H2,1-2H3;. The maximum atomic E-state index is 5.36. The van der Waals surface area contributed by atoms with E-state index >= 15 is 0 Å². The minimum absolute atomic E-state index is 0. The zero-order valence-electron chi connectivity index (χ0n) is 36.3. The molecule has 0 bridgehead atoms. The van der Waals surface area contributed by atoms with Gasteiger partial charge in [0.05, 0.1) is 0 Å². The molecular weight excluding hydrogens is 1020 g/mol. The van der Waals surface area contributed by atoms with Crippen LogP contribution in [0.3, 0.4) is 0 Å². The van der Waals surface area contributed by atoms with Crippen LogP contribution in [0.5, 0.6) is 0 Å². The van der Waals surface area contributed by atoms with E-state index in [1.807, 2.05) is 6.92 Å². The average Bonchev–Trinajstić information content (AvgIpc) is 3.36. The summed E-state index contributed by atoms with van der Waals surface area (Å²) in [5, 5.41) is 12.6. The summed E-state index contributed by atoms with van der Waals surface area (Å²) in [5.41, 5.74) is -0.130. The molecule has 0 amide bonds. The number of rotatable bonds is 11. The molecule has 0 N–H and O–H groups in total. The molecule has 320 valence electrons. The molecule has 0 saturated heterocycles. The number of hydrogen-bond donors (Lipinski definition) is 0. The molecule has 64 heavy (non-hydrogen) atoms. The van der Waals surface area contributed by atoms with E-state index in [0.29, 0.717) is 6.61 Å². The van der Waals surface area contributed by atoms with Gasteiger partial charge in [0.1, 0.15) is 5.56 Å². The van der Waals surface area contributed by atoms with E-state index in [-0.39, 0.29) is 26.6 Å². The third-order valence-electron chi connectivity index (χ3n) is 9.53. The molecule has 9 aromatic rings. The van der Waals surface area contributed by atoms with Gasteiger partial charge in [-0.3, -0.25) is 0 Å². The molecule has 0 aliphatic rings. The van der Waals surface area contributed by atoms with E-state index in [0.717, 1.165) is 0 Å². The second-order valence-electron chi connectivity index (χ2n) is 14.0. The topological polar surface area (TPSA) is 9.23 Å². The Labute approximate surface area is 405 Å². The van der Waals surface area contributed by atoms with Gasteiger partial charge in [0, 0.05) is 27.7 Å². The number of ether oxygens (including phenoxy) is 1. The van der Waals surface area contributed by atoms with Gasteiger partial charge in [-0.2, -0.15) is 0 Å². The van der Waals surface area contributed by atoms with Crippen molar-refractivity contribution < 1.29 is 25.8 Å². The van der Waals surface area contributed by atoms with Crippen LogP contribution in [0.25, 0.3) is 0 Å². The Kier molecular flexibility index (Phi) is 22.7. The van der Waals surface area contributed by atoms with Crippen molar-refractivity contribution in [2.45, 2.75) is 19.4 Å². The van der Waals surface area contributed by atoms with E-state index in [1.54, 1.807) is 6.92 Å². The molecule has 0 radical (unpaired) electrons. The quantitative estimate of drug-likeness (QED) is 0.0927. The van der Waals surface area contributed by atoms with Crippen molar-refractivity contribution in [1.82, 2.24) is 0 Å². The summed E-state index contributed by atoms with van der Waals surface area (Å²) < 4.78 is 4.81. The molecule has 0 saturated carbocycles. The molecule has 1 atom stereocenters. The van der Waals surface area contributed by atoms with Gasteiger partial charge in [0.25, 0.3) is 0 Å². The van der Waals surface area contributed by atoms with Gasteiger partial charge in [-0.15, -0.1) is 0 Å². The van der Waals surface area contributed by atoms with Crippen molar-refractivity contribution in [2.24, 2.45) is 0 Å². The van der Waals surface area contributed by atoms with E-state index in [1.165, 1.54) is 47.7 Å². The van der Waals surface area contributed by atoms with Gasteiger partial charge in [-0.05, 0) is 85.4 Å². The average molecular weight is 1080 g/mol. The Morgan fingerprint density at radius 3 is 0.500 bits per heavy atom. The molecule has 9 rings (SSSR count). The zero-order valence-corrected chi connectivity index (χ0v) is 42.7. The predicted molar refractivity (Wildman–Crippen MR) is 282 cm³/mol. The predicted octanol–water partition coefficient (Wildman–Crippen LogP) is 11.9. The maximum absolute atomic E-state index is 5.36. The first-order chi connectivity index (χ1) is 31.1. The van der Waals surface area contributed by atoms with Crippen LogP contribution in [0, 0.1) is 0 Å². The summed E-state index contributed by atoms with van der Waals surface area (Å²) in [5.74, 6) is 0. The number of hydrogen-bond acceptors (Lipinski definition) is 1. The molecule has 1 nitrogen and oxygen atoms in total. The Hall–Kier alpha value is -4.79. The van der Waals surface area contributed by atoms with Crippen molar-refractivity contribution >= 4 is 83.1 Å². The number of benzene rings is 9. The van der Waals surface area contributed by atoms with Crippen LogP contribution >= 0.6 is 35.4 Å². The SMILES string of the molecule is CCOC(C)Cl.[W].c1ccc(P(c2ccccc2)c2ccccc2)cc1.c1ccc(P(c2ccccc2)c2ccccc2)cc1.c1ccc(P(c2ccccc2)c2ccccc2)cc1. The summed E-state index contributed by atoms with van der Waals surface area (Å²) in [6.45, 7) is 4.41. The first-order valence-electron chi connectivity index (χ1n) is 21.2. The second-order valence-corrected chi connectivity index (χ2v) is 21.3. The van der Waals surface area contributed by atoms with E-state index in [4.69, 9.17) is 16.3 Å². The fourth-order valence-corrected chi connectivity index (χ4v) is 13.8. The summed E-state index contributed by atoms with van der Waals surface area (Å²) in [6, 6.07) is 97.0. The summed E-state index contributed by atoms with van der Waals surface area (Å²) >= 11 is 5.36. The fraction of sp³-hybridized carbons (Fsp3) is 0.0690. The van der Waals surface area contributed by atoms with E-state index in [9.17, 15) is 0 Å². The van der Waals surface area contributed by atoms with Crippen LogP contribution in [0.1, 0.15) is 13.8 Å². The van der Waals surface area contributed by atoms with Gasteiger partial charge in [-0.25, -0.2) is 0 Å². The summed E-state index contributed by atoms with van der Waals surface area (Å²) in [6.07, 6.45) is 0. The minimum atomic E-state index is -0.446. The number of halogens is 1. The molecule has 0 aromatic heterocycles. The van der Waals surface area contributed by atoms with E-state index < -0.39 is 23.8 Å². The minimum Gasteiger partial charge on any atom is -0.363 e. The Morgan fingerprint density at radius 2 is 0.422 bits per heavy atom. The Bertz CT molecular complexity index is 1960. The van der Waals surface area contributed by atoms with Crippen LogP contribution in [0.15, 0.2) is 273 Å². The zero-order chi connectivity index (χ0) is 43.7. The van der Waals surface area contributed by atoms with Gasteiger partial charge >= 0.3 is 0 Å². The van der Waals surface area contributed by atoms with Crippen molar-refractivity contribution in [3.8, 4) is 0 Å². The molecule has 0 aliphatic heterocycles. The van der Waals surface area contributed by atoms with Gasteiger partial charge in [0.2, 0.25) is 0 Å². The first kappa shape index (κ1) is 50.2. The van der Waals surface area contributed by atoms with Crippen molar-refractivity contribution in [3.63, 3.8) is 0 Å². The molecular formula is C58H54ClOP3W. The van der Waals surface area contributed by atoms with Crippen molar-refractivity contribution in [2.75, 3.05) is 6.61 Å². The van der Waals surface area contributed by atoms with Gasteiger partial charge in [0.15, 0.2) is 0 Å². The number of alkyl halides is 1. The Balaban J connectivity index is 0.000000168. The van der Waals surface area contributed by atoms with Gasteiger partial charge in [-0.1, -0.05) is 285 Å². The van der Waals surface area contributed by atoms with Crippen LogP contribution in [-0.2, 0) is 25.8 Å². The monoisotopic (exact) mass is 1080 g/mol. The van der Waals surface area contributed by atoms with Crippen molar-refractivity contribution in [1.29, 1.82) is 0 Å². The normalized spacial score (nSPS) is 10.8. The van der Waals surface area contributed by atoms with E-state index in [2.05, 4.69) is 273 Å². The first-order valence-corrected chi connectivity index (χ1v) is 25.7. The summed E-state index contributed by atoms with van der Waals surface area (Å²) in [7, 11) is -1.34. The second kappa shape index (κ2) is 28.9. The molecule has 0 fully saturated rings. The van der Waals surface area contributed by atoms with Crippen LogP contribution in [0.2, 0.25) is 0 Å². The fourth-order valence-electron chi connectivity index (χ4n) is 6.76. The molecule has 0 spiro atoms. The van der Waals surface area contributed by atoms with Crippen LogP contribution in [-0.4, -0.2) is 12.2 Å². The third-order valence-corrected chi connectivity index (χ3v) is 17.0. The van der Waals surface area contributed by atoms with Crippen molar-refractivity contribution in [3.05, 3.63) is 273 Å². The maximum Gasteiger partial charge on any atom is 0.128 e. The Morgan fingerprint density at radius 1 is 0.297 bits per heavy atom. The van der Waals surface area contributed by atoms with Gasteiger partial charge < -0.3 is 4.74 Å². The molecule has 0 heterocycles. The molecule has 9 aromatic carbocycles. The van der Waals surface area contributed by atoms with Crippen LogP contribution < -0.4 is 47.7 Å². The molecule has 1 unspecified atom stereocenters. The van der Waals surface area contributed by atoms with Crippen LogP contribution in [0.4, 0.5) is 0 Å².